The van der Waals surface area contributed by atoms with Crippen LogP contribution in [0.3, 0.4) is 0 Å². The molecule has 1 rings (SSSR count). The Morgan fingerprint density at radius 3 is 2.72 bits per heavy atom. The van der Waals surface area contributed by atoms with Crippen molar-refractivity contribution in [1.29, 1.82) is 0 Å². The van der Waals surface area contributed by atoms with E-state index in [0.717, 1.165) is 6.33 Å². The molecule has 0 amide bonds. The molecule has 0 radical (unpaired) electrons. The molecule has 0 aliphatic rings. The van der Waals surface area contributed by atoms with Crippen LogP contribution in [0.2, 0.25) is 0 Å². The van der Waals surface area contributed by atoms with Crippen molar-refractivity contribution in [2.24, 2.45) is 0 Å². The van der Waals surface area contributed by atoms with Crippen LogP contribution in [0.4, 0.5) is 5.82 Å². The smallest absolute Gasteiger partial charge is 0.326 e. The number of methoxy groups -OCH3 is 1. The van der Waals surface area contributed by atoms with Gasteiger partial charge in [-0.15, -0.1) is 0 Å². The second-order valence-electron chi connectivity index (χ2n) is 3.25. The van der Waals surface area contributed by atoms with Crippen molar-refractivity contribution in [3.63, 3.8) is 0 Å². The van der Waals surface area contributed by atoms with E-state index in [1.807, 2.05) is 0 Å². The topological polar surface area (TPSA) is 142 Å². The van der Waals surface area contributed by atoms with Crippen LogP contribution in [0, 0.1) is 0 Å². The van der Waals surface area contributed by atoms with Crippen molar-refractivity contribution in [2.75, 3.05) is 12.4 Å². The van der Waals surface area contributed by atoms with E-state index in [-0.39, 0.29) is 11.6 Å². The molecule has 9 heteroatoms. The molecule has 0 fully saturated rings. The summed E-state index contributed by atoms with van der Waals surface area (Å²) in [5.74, 6) is -3.01. The quantitative estimate of drug-likeness (QED) is 0.514. The number of hydrogen-bond acceptors (Lipinski definition) is 6. The van der Waals surface area contributed by atoms with Crippen LogP contribution in [-0.4, -0.2) is 45.3 Å². The second kappa shape index (κ2) is 5.66. The molecule has 0 saturated heterocycles. The van der Waals surface area contributed by atoms with E-state index in [0.29, 0.717) is 0 Å². The van der Waals surface area contributed by atoms with E-state index >= 15 is 0 Å². The van der Waals surface area contributed by atoms with Gasteiger partial charge in [0, 0.05) is 0 Å². The molecule has 1 aromatic heterocycles. The van der Waals surface area contributed by atoms with Crippen molar-refractivity contribution >= 4 is 17.8 Å². The van der Waals surface area contributed by atoms with Gasteiger partial charge in [0.1, 0.15) is 6.04 Å². The average Bonchev–Trinajstić information content (AvgIpc) is 2.27. The molecule has 98 valence electrons. The van der Waals surface area contributed by atoms with Crippen LogP contribution in [0.15, 0.2) is 11.1 Å². The van der Waals surface area contributed by atoms with Crippen molar-refractivity contribution in [1.82, 2.24) is 9.97 Å². The molecule has 0 saturated carbocycles. The zero-order chi connectivity index (χ0) is 13.7. The number of nitrogens with one attached hydrogen (secondary N) is 2. The highest BCUT2D eigenvalue weighted by atomic mass is 16.5. The molecule has 0 aliphatic heterocycles. The fraction of sp³-hybridized carbons (Fsp3) is 0.333. The Balaban J connectivity index is 3.00. The first-order valence-electron chi connectivity index (χ1n) is 4.78. The molecule has 1 aromatic rings. The lowest BCUT2D eigenvalue weighted by atomic mass is 10.2. The van der Waals surface area contributed by atoms with Gasteiger partial charge in [-0.2, -0.15) is 0 Å². The lowest BCUT2D eigenvalue weighted by Gasteiger charge is -2.14. The van der Waals surface area contributed by atoms with Crippen LogP contribution in [0.5, 0.6) is 5.75 Å². The standard InChI is InChI=1S/C9H11N3O6/c1-18-6-7(10-3-11-8(6)15)12-4(9(16)17)2-5(13)14/h3-4H,2H2,1H3,(H,13,14)(H,16,17)(H2,10,11,12,15). The summed E-state index contributed by atoms with van der Waals surface area (Å²) in [6.45, 7) is 0. The van der Waals surface area contributed by atoms with Crippen molar-refractivity contribution < 1.29 is 24.5 Å². The summed E-state index contributed by atoms with van der Waals surface area (Å²) in [6.07, 6.45) is 0.389. The average molecular weight is 257 g/mol. The monoisotopic (exact) mass is 257 g/mol. The molecule has 0 spiro atoms. The molecule has 4 N–H and O–H groups in total. The Kier molecular flexibility index (Phi) is 4.24. The van der Waals surface area contributed by atoms with Gasteiger partial charge in [0.15, 0.2) is 5.82 Å². The third-order valence-corrected chi connectivity index (χ3v) is 2.00. The van der Waals surface area contributed by atoms with Crippen molar-refractivity contribution in [2.45, 2.75) is 12.5 Å². The third-order valence-electron chi connectivity index (χ3n) is 2.00. The predicted octanol–water partition coefficient (Wildman–Crippen LogP) is -0.882. The molecular weight excluding hydrogens is 246 g/mol. The van der Waals surface area contributed by atoms with E-state index in [4.69, 9.17) is 14.9 Å². The van der Waals surface area contributed by atoms with Crippen LogP contribution in [0.1, 0.15) is 6.42 Å². The van der Waals surface area contributed by atoms with Crippen LogP contribution in [-0.2, 0) is 9.59 Å². The summed E-state index contributed by atoms with van der Waals surface area (Å²) < 4.78 is 4.75. The zero-order valence-corrected chi connectivity index (χ0v) is 9.34. The maximum Gasteiger partial charge on any atom is 0.326 e. The van der Waals surface area contributed by atoms with E-state index < -0.39 is 30.0 Å². The fourth-order valence-electron chi connectivity index (χ4n) is 1.22. The Labute approximate surface area is 100 Å². The molecule has 1 unspecified atom stereocenters. The molecular formula is C9H11N3O6. The first-order valence-corrected chi connectivity index (χ1v) is 4.78. The summed E-state index contributed by atoms with van der Waals surface area (Å²) in [4.78, 5) is 38.6. The Morgan fingerprint density at radius 1 is 1.56 bits per heavy atom. The SMILES string of the molecule is COc1c(NC(CC(=O)O)C(=O)O)nc[nH]c1=O. The minimum atomic E-state index is -1.41. The number of hydrogen-bond donors (Lipinski definition) is 4. The van der Waals surface area contributed by atoms with Crippen molar-refractivity contribution in [3.05, 3.63) is 16.7 Å². The number of aromatic amines is 1. The fourth-order valence-corrected chi connectivity index (χ4v) is 1.22. The third kappa shape index (κ3) is 3.20. The normalized spacial score (nSPS) is 11.6. The van der Waals surface area contributed by atoms with E-state index in [1.54, 1.807) is 0 Å². The van der Waals surface area contributed by atoms with Gasteiger partial charge in [-0.3, -0.25) is 9.59 Å². The number of aromatic nitrogens is 2. The van der Waals surface area contributed by atoms with E-state index in [2.05, 4.69) is 15.3 Å². The molecule has 0 aliphatic carbocycles. The van der Waals surface area contributed by atoms with Gasteiger partial charge < -0.3 is 25.3 Å². The maximum atomic E-state index is 11.3. The van der Waals surface area contributed by atoms with Gasteiger partial charge in [-0.05, 0) is 0 Å². The first-order chi connectivity index (χ1) is 8.45. The highest BCUT2D eigenvalue weighted by Gasteiger charge is 2.23. The molecule has 0 bridgehead atoms. The lowest BCUT2D eigenvalue weighted by Crippen LogP contribution is -2.33. The number of carboxylic acid groups (broad SMARTS) is 2. The summed E-state index contributed by atoms with van der Waals surface area (Å²) in [5.41, 5.74) is -0.602. The number of nitrogens with zero attached hydrogens (tertiary/aromatic N) is 1. The largest absolute Gasteiger partial charge is 0.489 e. The van der Waals surface area contributed by atoms with Gasteiger partial charge >= 0.3 is 11.9 Å². The van der Waals surface area contributed by atoms with Crippen LogP contribution >= 0.6 is 0 Å². The molecule has 0 aromatic carbocycles. The Hall–Kier alpha value is -2.58. The maximum absolute atomic E-state index is 11.3. The highest BCUT2D eigenvalue weighted by Crippen LogP contribution is 2.16. The number of H-pyrrole nitrogens is 1. The number of anilines is 1. The summed E-state index contributed by atoms with van der Waals surface area (Å²) in [7, 11) is 1.21. The highest BCUT2D eigenvalue weighted by molar-refractivity contribution is 5.83. The first kappa shape index (κ1) is 13.5. The van der Waals surface area contributed by atoms with Crippen LogP contribution < -0.4 is 15.6 Å². The lowest BCUT2D eigenvalue weighted by molar-refractivity contribution is -0.144. The number of carbonyl (C=O) groups is 2. The Morgan fingerprint density at radius 2 is 2.22 bits per heavy atom. The summed E-state index contributed by atoms with van der Waals surface area (Å²) in [5, 5.41) is 19.7. The molecule has 1 atom stereocenters. The number of carboxylic acids is 2. The van der Waals surface area contributed by atoms with Gasteiger partial charge in [0.2, 0.25) is 5.75 Å². The zero-order valence-electron chi connectivity index (χ0n) is 9.34. The summed E-state index contributed by atoms with van der Waals surface area (Å²) >= 11 is 0. The minimum absolute atomic E-state index is 0.130. The van der Waals surface area contributed by atoms with Gasteiger partial charge in [-0.1, -0.05) is 0 Å². The molecule has 1 heterocycles. The van der Waals surface area contributed by atoms with Gasteiger partial charge in [0.25, 0.3) is 5.56 Å². The van der Waals surface area contributed by atoms with Gasteiger partial charge in [0.05, 0.1) is 19.9 Å². The minimum Gasteiger partial charge on any atom is -0.489 e. The molecule has 18 heavy (non-hydrogen) atoms. The number of rotatable bonds is 6. The van der Waals surface area contributed by atoms with Crippen molar-refractivity contribution in [3.8, 4) is 5.75 Å². The predicted molar refractivity (Wildman–Crippen MR) is 58.7 cm³/mol. The van der Waals surface area contributed by atoms with E-state index in [1.165, 1.54) is 7.11 Å². The van der Waals surface area contributed by atoms with Crippen LogP contribution in [0.25, 0.3) is 0 Å². The molecule has 9 nitrogen and oxygen atoms in total. The number of aliphatic carboxylic acids is 2. The van der Waals surface area contributed by atoms with E-state index in [9.17, 15) is 14.4 Å². The summed E-state index contributed by atoms with van der Waals surface area (Å²) in [6, 6.07) is -1.41. The number of ether oxygens (including phenoxy) is 1. The van der Waals surface area contributed by atoms with Gasteiger partial charge in [-0.25, -0.2) is 9.78 Å². The second-order valence-corrected chi connectivity index (χ2v) is 3.25. The Bertz CT molecular complexity index is 511.